The number of allylic oxidation sites excluding steroid dienone is 1. The summed E-state index contributed by atoms with van der Waals surface area (Å²) in [5.41, 5.74) is 2.93. The van der Waals surface area contributed by atoms with Crippen molar-refractivity contribution in [1.82, 2.24) is 0 Å². The molecule has 0 aliphatic carbocycles. The van der Waals surface area contributed by atoms with Gasteiger partial charge in [0.25, 0.3) is 0 Å². The van der Waals surface area contributed by atoms with Gasteiger partial charge in [-0.15, -0.1) is 0 Å². The summed E-state index contributed by atoms with van der Waals surface area (Å²) in [5.74, 6) is 0.396. The lowest BCUT2D eigenvalue weighted by molar-refractivity contribution is 0.306. The molecule has 0 amide bonds. The van der Waals surface area contributed by atoms with Crippen LogP contribution in [0.15, 0.2) is 72.8 Å². The predicted molar refractivity (Wildman–Crippen MR) is 110 cm³/mol. The van der Waals surface area contributed by atoms with Gasteiger partial charge in [-0.2, -0.15) is 5.26 Å². The maximum Gasteiger partial charge on any atom is 0.123 e. The molecule has 0 saturated heterocycles. The highest BCUT2D eigenvalue weighted by Gasteiger charge is 2.03. The molecule has 128 valence electrons. The van der Waals surface area contributed by atoms with Gasteiger partial charge in [-0.1, -0.05) is 36.4 Å². The third-order valence-electron chi connectivity index (χ3n) is 3.77. The lowest BCUT2D eigenvalue weighted by Crippen LogP contribution is -1.95. The van der Waals surface area contributed by atoms with Crippen LogP contribution >= 0.6 is 22.6 Å². The van der Waals surface area contributed by atoms with Gasteiger partial charge in [0.2, 0.25) is 0 Å². The molecule has 0 aliphatic heterocycles. The molecule has 3 aromatic carbocycles. The SMILES string of the molecule is N#C/C(=C/c1ccc(OCc2ccc(I)cc2)cc1)c1cccc(F)c1. The zero-order valence-corrected chi connectivity index (χ0v) is 16.0. The Labute approximate surface area is 165 Å². The molecule has 0 N–H and O–H groups in total. The van der Waals surface area contributed by atoms with Gasteiger partial charge in [-0.05, 0) is 81.8 Å². The van der Waals surface area contributed by atoms with Gasteiger partial charge in [0, 0.05) is 3.57 Å². The third kappa shape index (κ3) is 4.93. The van der Waals surface area contributed by atoms with Crippen molar-refractivity contribution in [3.8, 4) is 11.8 Å². The van der Waals surface area contributed by atoms with Crippen LogP contribution in [-0.4, -0.2) is 0 Å². The average molecular weight is 455 g/mol. The van der Waals surface area contributed by atoms with Crippen molar-refractivity contribution in [2.45, 2.75) is 6.61 Å². The summed E-state index contributed by atoms with van der Waals surface area (Å²) in [6.45, 7) is 0.499. The number of rotatable bonds is 5. The molecule has 3 aromatic rings. The monoisotopic (exact) mass is 455 g/mol. The summed E-state index contributed by atoms with van der Waals surface area (Å²) in [6, 6.07) is 23.8. The van der Waals surface area contributed by atoms with E-state index in [0.717, 1.165) is 16.9 Å². The number of hydrogen-bond donors (Lipinski definition) is 0. The lowest BCUT2D eigenvalue weighted by Gasteiger charge is -2.07. The van der Waals surface area contributed by atoms with Gasteiger partial charge in [-0.25, -0.2) is 4.39 Å². The Kier molecular flexibility index (Phi) is 6.03. The molecule has 0 bridgehead atoms. The highest BCUT2D eigenvalue weighted by atomic mass is 127. The fraction of sp³-hybridized carbons (Fsp3) is 0.0455. The number of nitrogens with zero attached hydrogens (tertiary/aromatic N) is 1. The van der Waals surface area contributed by atoms with E-state index in [2.05, 4.69) is 28.7 Å². The molecule has 0 atom stereocenters. The van der Waals surface area contributed by atoms with Gasteiger partial charge in [0.05, 0.1) is 11.6 Å². The number of hydrogen-bond acceptors (Lipinski definition) is 2. The van der Waals surface area contributed by atoms with Crippen LogP contribution in [0.1, 0.15) is 16.7 Å². The summed E-state index contributed by atoms with van der Waals surface area (Å²) in [5, 5.41) is 9.35. The first kappa shape index (κ1) is 18.2. The van der Waals surface area contributed by atoms with E-state index >= 15 is 0 Å². The first-order valence-electron chi connectivity index (χ1n) is 7.99. The van der Waals surface area contributed by atoms with Crippen molar-refractivity contribution >= 4 is 34.2 Å². The Morgan fingerprint density at radius 1 is 1.04 bits per heavy atom. The second-order valence-corrected chi connectivity index (χ2v) is 6.91. The molecule has 0 heterocycles. The van der Waals surface area contributed by atoms with Crippen molar-refractivity contribution < 1.29 is 9.13 Å². The fourth-order valence-corrected chi connectivity index (χ4v) is 2.77. The van der Waals surface area contributed by atoms with Crippen molar-refractivity contribution in [2.24, 2.45) is 0 Å². The zero-order chi connectivity index (χ0) is 18.4. The Morgan fingerprint density at radius 2 is 1.77 bits per heavy atom. The number of ether oxygens (including phenoxy) is 1. The van der Waals surface area contributed by atoms with Crippen molar-refractivity contribution in [2.75, 3.05) is 0 Å². The molecule has 4 heteroatoms. The third-order valence-corrected chi connectivity index (χ3v) is 4.49. The molecule has 3 rings (SSSR count). The number of halogens is 2. The smallest absolute Gasteiger partial charge is 0.123 e. The quantitative estimate of drug-likeness (QED) is 0.266. The predicted octanol–water partition coefficient (Wildman–Crippen LogP) is 6.07. The van der Waals surface area contributed by atoms with Gasteiger partial charge < -0.3 is 4.74 Å². The van der Waals surface area contributed by atoms with Gasteiger partial charge in [0.1, 0.15) is 18.2 Å². The van der Waals surface area contributed by atoms with E-state index in [-0.39, 0.29) is 5.82 Å². The van der Waals surface area contributed by atoms with E-state index in [1.54, 1.807) is 18.2 Å². The maximum absolute atomic E-state index is 13.3. The number of benzene rings is 3. The molecule has 0 fully saturated rings. The topological polar surface area (TPSA) is 33.0 Å². The summed E-state index contributed by atoms with van der Waals surface area (Å²) < 4.78 is 20.3. The second kappa shape index (κ2) is 8.63. The van der Waals surface area contributed by atoms with Crippen LogP contribution < -0.4 is 4.74 Å². The molecule has 0 unspecified atom stereocenters. The van der Waals surface area contributed by atoms with E-state index in [9.17, 15) is 9.65 Å². The standard InChI is InChI=1S/C22H15FINO/c23-20-3-1-2-18(13-20)19(14-25)12-16-6-10-22(11-7-16)26-15-17-4-8-21(24)9-5-17/h1-13H,15H2/b19-12-. The molecule has 2 nitrogen and oxygen atoms in total. The van der Waals surface area contributed by atoms with E-state index < -0.39 is 0 Å². The normalized spacial score (nSPS) is 11.0. The summed E-state index contributed by atoms with van der Waals surface area (Å²) in [7, 11) is 0. The Hall–Kier alpha value is -2.65. The highest BCUT2D eigenvalue weighted by Crippen LogP contribution is 2.21. The van der Waals surface area contributed by atoms with Crippen molar-refractivity contribution in [1.29, 1.82) is 5.26 Å². The van der Waals surface area contributed by atoms with Crippen molar-refractivity contribution in [3.05, 3.63) is 98.9 Å². The Bertz CT molecular complexity index is 957. The molecule has 0 saturated carbocycles. The van der Waals surface area contributed by atoms with E-state index in [1.165, 1.54) is 15.7 Å². The van der Waals surface area contributed by atoms with Gasteiger partial charge in [0.15, 0.2) is 0 Å². The van der Waals surface area contributed by atoms with Crippen LogP contribution in [0.25, 0.3) is 11.6 Å². The molecule has 0 aliphatic rings. The Morgan fingerprint density at radius 3 is 2.42 bits per heavy atom. The van der Waals surface area contributed by atoms with Crippen LogP contribution in [0.5, 0.6) is 5.75 Å². The molecule has 0 aromatic heterocycles. The summed E-state index contributed by atoms with van der Waals surface area (Å²) >= 11 is 2.27. The maximum atomic E-state index is 13.3. The summed E-state index contributed by atoms with van der Waals surface area (Å²) in [4.78, 5) is 0. The molecular formula is C22H15FINO. The van der Waals surface area contributed by atoms with Crippen LogP contribution in [-0.2, 0) is 6.61 Å². The minimum Gasteiger partial charge on any atom is -0.489 e. The minimum atomic E-state index is -0.358. The fourth-order valence-electron chi connectivity index (χ4n) is 2.41. The van der Waals surface area contributed by atoms with Crippen LogP contribution in [0.2, 0.25) is 0 Å². The van der Waals surface area contributed by atoms with Gasteiger partial charge >= 0.3 is 0 Å². The van der Waals surface area contributed by atoms with Gasteiger partial charge in [-0.3, -0.25) is 0 Å². The first-order chi connectivity index (χ1) is 12.6. The zero-order valence-electron chi connectivity index (χ0n) is 13.8. The average Bonchev–Trinajstić information content (AvgIpc) is 2.66. The lowest BCUT2D eigenvalue weighted by atomic mass is 10.0. The van der Waals surface area contributed by atoms with Crippen molar-refractivity contribution in [3.63, 3.8) is 0 Å². The van der Waals surface area contributed by atoms with E-state index in [4.69, 9.17) is 4.74 Å². The highest BCUT2D eigenvalue weighted by molar-refractivity contribution is 14.1. The van der Waals surface area contributed by atoms with E-state index in [0.29, 0.717) is 17.7 Å². The van der Waals surface area contributed by atoms with Crippen LogP contribution in [0, 0.1) is 20.7 Å². The Balaban J connectivity index is 1.70. The van der Waals surface area contributed by atoms with Crippen LogP contribution in [0.4, 0.5) is 4.39 Å². The second-order valence-electron chi connectivity index (χ2n) is 5.66. The largest absolute Gasteiger partial charge is 0.489 e. The first-order valence-corrected chi connectivity index (χ1v) is 9.07. The van der Waals surface area contributed by atoms with Crippen LogP contribution in [0.3, 0.4) is 0 Å². The van der Waals surface area contributed by atoms with E-state index in [1.807, 2.05) is 48.5 Å². The molecule has 26 heavy (non-hydrogen) atoms. The minimum absolute atomic E-state index is 0.358. The molecule has 0 radical (unpaired) electrons. The summed E-state index contributed by atoms with van der Waals surface area (Å²) in [6.07, 6.45) is 1.73. The molecular weight excluding hydrogens is 440 g/mol. The number of nitriles is 1. The molecule has 0 spiro atoms.